The van der Waals surface area contributed by atoms with Crippen molar-refractivity contribution in [2.45, 2.75) is 32.2 Å². The number of anilines is 4. The number of aryl methyl sites for hydroxylation is 1. The molecule has 0 aliphatic carbocycles. The van der Waals surface area contributed by atoms with Crippen LogP contribution in [0.5, 0.6) is 0 Å². The number of rotatable bonds is 5. The summed E-state index contributed by atoms with van der Waals surface area (Å²) in [5, 5.41) is 12.3. The highest BCUT2D eigenvalue weighted by atomic mass is 15.2. The van der Waals surface area contributed by atoms with Gasteiger partial charge in [0, 0.05) is 42.3 Å². The summed E-state index contributed by atoms with van der Waals surface area (Å²) in [5.74, 6) is 1.42. The van der Waals surface area contributed by atoms with Crippen LogP contribution in [0.1, 0.15) is 31.0 Å². The second-order valence-corrected chi connectivity index (χ2v) is 6.32. The SMILES string of the molecule is CCCc1cc(N2CCC(N)C2)nc(Nc2ccc(N)c(C#N)c2)n1. The Morgan fingerprint density at radius 3 is 2.88 bits per heavy atom. The lowest BCUT2D eigenvalue weighted by Crippen LogP contribution is -2.27. The number of nitrogens with zero attached hydrogens (tertiary/aromatic N) is 4. The third-order valence-corrected chi connectivity index (χ3v) is 4.25. The molecule has 1 atom stereocenters. The molecule has 0 bridgehead atoms. The van der Waals surface area contributed by atoms with Crippen LogP contribution < -0.4 is 21.7 Å². The van der Waals surface area contributed by atoms with Crippen molar-refractivity contribution in [1.29, 1.82) is 5.26 Å². The maximum atomic E-state index is 9.13. The molecule has 0 radical (unpaired) electrons. The van der Waals surface area contributed by atoms with E-state index in [1.807, 2.05) is 12.1 Å². The number of aromatic nitrogens is 2. The van der Waals surface area contributed by atoms with Gasteiger partial charge in [-0.1, -0.05) is 13.3 Å². The zero-order valence-corrected chi connectivity index (χ0v) is 14.4. The number of nitrogen functional groups attached to an aromatic ring is 1. The molecule has 25 heavy (non-hydrogen) atoms. The first-order valence-electron chi connectivity index (χ1n) is 8.54. The molecule has 7 heteroatoms. The molecule has 7 nitrogen and oxygen atoms in total. The summed E-state index contributed by atoms with van der Waals surface area (Å²) in [6.07, 6.45) is 2.87. The summed E-state index contributed by atoms with van der Waals surface area (Å²) in [4.78, 5) is 11.4. The summed E-state index contributed by atoms with van der Waals surface area (Å²) in [5.41, 5.74) is 14.4. The van der Waals surface area contributed by atoms with Crippen molar-refractivity contribution >= 4 is 23.1 Å². The average Bonchev–Trinajstić information content (AvgIpc) is 3.03. The minimum atomic E-state index is 0.191. The standard InChI is InChI=1S/C18H23N7/c1-2-3-14-9-17(25-7-6-13(20)11-25)24-18(22-14)23-15-4-5-16(21)12(8-15)10-19/h4-5,8-9,13H,2-3,6-7,11,20-21H2,1H3,(H,22,23,24). The molecule has 1 saturated heterocycles. The summed E-state index contributed by atoms with van der Waals surface area (Å²) in [6.45, 7) is 3.84. The van der Waals surface area contributed by atoms with E-state index in [0.717, 1.165) is 49.6 Å². The number of nitriles is 1. The van der Waals surface area contributed by atoms with Crippen molar-refractivity contribution < 1.29 is 0 Å². The van der Waals surface area contributed by atoms with Crippen LogP contribution in [0.15, 0.2) is 24.3 Å². The summed E-state index contributed by atoms with van der Waals surface area (Å²) in [6, 6.07) is 9.54. The van der Waals surface area contributed by atoms with E-state index in [1.54, 1.807) is 12.1 Å². The zero-order chi connectivity index (χ0) is 17.8. The van der Waals surface area contributed by atoms with Gasteiger partial charge in [0.05, 0.1) is 5.56 Å². The minimum Gasteiger partial charge on any atom is -0.398 e. The van der Waals surface area contributed by atoms with Crippen molar-refractivity contribution in [2.75, 3.05) is 29.0 Å². The third-order valence-electron chi connectivity index (χ3n) is 4.25. The van der Waals surface area contributed by atoms with Crippen LogP contribution in [0.25, 0.3) is 0 Å². The fourth-order valence-corrected chi connectivity index (χ4v) is 2.94. The molecule has 0 saturated carbocycles. The van der Waals surface area contributed by atoms with E-state index in [2.05, 4.69) is 33.2 Å². The average molecular weight is 337 g/mol. The van der Waals surface area contributed by atoms with Gasteiger partial charge in [0.2, 0.25) is 5.95 Å². The zero-order valence-electron chi connectivity index (χ0n) is 14.4. The fourth-order valence-electron chi connectivity index (χ4n) is 2.94. The van der Waals surface area contributed by atoms with Crippen molar-refractivity contribution in [2.24, 2.45) is 5.73 Å². The predicted molar refractivity (Wildman–Crippen MR) is 99.7 cm³/mol. The van der Waals surface area contributed by atoms with E-state index < -0.39 is 0 Å². The van der Waals surface area contributed by atoms with Gasteiger partial charge in [-0.15, -0.1) is 0 Å². The first-order valence-corrected chi connectivity index (χ1v) is 8.54. The normalized spacial score (nSPS) is 16.7. The lowest BCUT2D eigenvalue weighted by atomic mass is 10.2. The predicted octanol–water partition coefficient (Wildman–Crippen LogP) is 2.16. The Morgan fingerprint density at radius 1 is 1.36 bits per heavy atom. The van der Waals surface area contributed by atoms with Gasteiger partial charge < -0.3 is 21.7 Å². The molecule has 0 spiro atoms. The van der Waals surface area contributed by atoms with Gasteiger partial charge in [0.1, 0.15) is 11.9 Å². The van der Waals surface area contributed by atoms with Crippen LogP contribution in [-0.2, 0) is 6.42 Å². The molecule has 1 fully saturated rings. The van der Waals surface area contributed by atoms with E-state index in [1.165, 1.54) is 0 Å². The lowest BCUT2D eigenvalue weighted by molar-refractivity contribution is 0.751. The molecule has 1 aromatic carbocycles. The van der Waals surface area contributed by atoms with Crippen LogP contribution in [0.4, 0.5) is 23.1 Å². The van der Waals surface area contributed by atoms with Crippen molar-refractivity contribution in [1.82, 2.24) is 9.97 Å². The van der Waals surface area contributed by atoms with Gasteiger partial charge in [0.25, 0.3) is 0 Å². The van der Waals surface area contributed by atoms with Crippen molar-refractivity contribution in [3.8, 4) is 6.07 Å². The topological polar surface area (TPSA) is 117 Å². The molecule has 1 aliphatic rings. The quantitative estimate of drug-likeness (QED) is 0.716. The minimum absolute atomic E-state index is 0.191. The highest BCUT2D eigenvalue weighted by molar-refractivity contribution is 5.65. The summed E-state index contributed by atoms with van der Waals surface area (Å²) >= 11 is 0. The second-order valence-electron chi connectivity index (χ2n) is 6.32. The molecule has 2 aromatic rings. The van der Waals surface area contributed by atoms with Crippen LogP contribution >= 0.6 is 0 Å². The maximum absolute atomic E-state index is 9.13. The van der Waals surface area contributed by atoms with E-state index >= 15 is 0 Å². The second kappa shape index (κ2) is 7.36. The maximum Gasteiger partial charge on any atom is 0.229 e. The Balaban J connectivity index is 1.89. The van der Waals surface area contributed by atoms with E-state index in [9.17, 15) is 0 Å². The Hall–Kier alpha value is -2.85. The lowest BCUT2D eigenvalue weighted by Gasteiger charge is -2.19. The highest BCUT2D eigenvalue weighted by Crippen LogP contribution is 2.24. The van der Waals surface area contributed by atoms with Gasteiger partial charge in [0.15, 0.2) is 0 Å². The first kappa shape index (κ1) is 17.0. The molecular weight excluding hydrogens is 314 g/mol. The number of nitrogens with two attached hydrogens (primary N) is 2. The van der Waals surface area contributed by atoms with Gasteiger partial charge in [-0.2, -0.15) is 10.2 Å². The number of benzene rings is 1. The fraction of sp³-hybridized carbons (Fsp3) is 0.389. The molecule has 2 heterocycles. The van der Waals surface area contributed by atoms with E-state index in [-0.39, 0.29) is 6.04 Å². The summed E-state index contributed by atoms with van der Waals surface area (Å²) < 4.78 is 0. The Morgan fingerprint density at radius 2 is 2.20 bits per heavy atom. The van der Waals surface area contributed by atoms with Gasteiger partial charge in [-0.05, 0) is 31.0 Å². The largest absolute Gasteiger partial charge is 0.398 e. The van der Waals surface area contributed by atoms with Gasteiger partial charge in [-0.3, -0.25) is 0 Å². The third kappa shape index (κ3) is 3.98. The monoisotopic (exact) mass is 337 g/mol. The molecule has 5 N–H and O–H groups in total. The summed E-state index contributed by atoms with van der Waals surface area (Å²) in [7, 11) is 0. The Kier molecular flexibility index (Phi) is 5.00. The molecule has 130 valence electrons. The number of nitrogens with one attached hydrogen (secondary N) is 1. The highest BCUT2D eigenvalue weighted by Gasteiger charge is 2.21. The van der Waals surface area contributed by atoms with Crippen LogP contribution in [0.3, 0.4) is 0 Å². The molecule has 1 unspecified atom stereocenters. The van der Waals surface area contributed by atoms with Crippen LogP contribution in [-0.4, -0.2) is 29.1 Å². The number of hydrogen-bond acceptors (Lipinski definition) is 7. The van der Waals surface area contributed by atoms with E-state index in [4.69, 9.17) is 16.7 Å². The molecule has 1 aliphatic heterocycles. The van der Waals surface area contributed by atoms with Gasteiger partial charge in [-0.25, -0.2) is 4.98 Å². The molecule has 3 rings (SSSR count). The number of hydrogen-bond donors (Lipinski definition) is 3. The van der Waals surface area contributed by atoms with Gasteiger partial charge >= 0.3 is 0 Å². The first-order chi connectivity index (χ1) is 12.1. The molecule has 0 amide bonds. The smallest absolute Gasteiger partial charge is 0.229 e. The van der Waals surface area contributed by atoms with Crippen LogP contribution in [0.2, 0.25) is 0 Å². The molecule has 1 aromatic heterocycles. The van der Waals surface area contributed by atoms with E-state index in [0.29, 0.717) is 17.2 Å². The van der Waals surface area contributed by atoms with Crippen molar-refractivity contribution in [3.05, 3.63) is 35.5 Å². The Labute approximate surface area is 147 Å². The Bertz CT molecular complexity index is 796. The van der Waals surface area contributed by atoms with Crippen LogP contribution in [0, 0.1) is 11.3 Å². The molecular formula is C18H23N7. The van der Waals surface area contributed by atoms with Crippen molar-refractivity contribution in [3.63, 3.8) is 0 Å².